The zero-order valence-electron chi connectivity index (χ0n) is 19.1. The van der Waals surface area contributed by atoms with Gasteiger partial charge in [-0.05, 0) is 67.9 Å². The fourth-order valence-corrected chi connectivity index (χ4v) is 4.64. The molecule has 3 heterocycles. The Morgan fingerprint density at radius 3 is 2.40 bits per heavy atom. The third-order valence-electron chi connectivity index (χ3n) is 5.62. The molecule has 176 valence electrons. The van der Waals surface area contributed by atoms with E-state index in [-0.39, 0.29) is 4.90 Å². The van der Waals surface area contributed by atoms with E-state index in [0.717, 1.165) is 27.8 Å². The topological polar surface area (TPSA) is 128 Å². The highest BCUT2D eigenvalue weighted by Crippen LogP contribution is 2.27. The monoisotopic (exact) mass is 485 g/mol. The van der Waals surface area contributed by atoms with Crippen molar-refractivity contribution in [3.63, 3.8) is 0 Å². The van der Waals surface area contributed by atoms with E-state index in [1.807, 2.05) is 31.3 Å². The second-order valence-electron chi connectivity index (χ2n) is 8.17. The number of hydrogen-bond donors (Lipinski definition) is 3. The van der Waals surface area contributed by atoms with E-state index >= 15 is 0 Å². The lowest BCUT2D eigenvalue weighted by molar-refractivity contribution is 0.597. The summed E-state index contributed by atoms with van der Waals surface area (Å²) in [5.41, 5.74) is 4.95. The first kappa shape index (κ1) is 22.5. The van der Waals surface area contributed by atoms with Gasteiger partial charge in [-0.15, -0.1) is 0 Å². The number of pyridine rings is 1. The van der Waals surface area contributed by atoms with Gasteiger partial charge in [0.2, 0.25) is 16.0 Å². The van der Waals surface area contributed by atoms with Crippen molar-refractivity contribution in [3.8, 4) is 5.69 Å². The molecule has 0 aliphatic rings. The first-order chi connectivity index (χ1) is 16.8. The first-order valence-electron chi connectivity index (χ1n) is 10.8. The van der Waals surface area contributed by atoms with Crippen molar-refractivity contribution < 1.29 is 8.42 Å². The maximum Gasteiger partial charge on any atom is 0.238 e. The number of aromatic nitrogens is 4. The Kier molecular flexibility index (Phi) is 5.67. The van der Waals surface area contributed by atoms with Crippen LogP contribution in [0.4, 0.5) is 23.1 Å². The molecule has 5 aromatic rings. The largest absolute Gasteiger partial charge is 0.340 e. The van der Waals surface area contributed by atoms with Crippen LogP contribution in [-0.4, -0.2) is 27.9 Å². The quantitative estimate of drug-likeness (QED) is 0.321. The van der Waals surface area contributed by atoms with Gasteiger partial charge < -0.3 is 15.2 Å². The molecule has 10 heteroatoms. The Morgan fingerprint density at radius 1 is 0.886 bits per heavy atom. The minimum Gasteiger partial charge on any atom is -0.340 e. The van der Waals surface area contributed by atoms with Gasteiger partial charge in [0.15, 0.2) is 0 Å². The number of nitrogens with two attached hydrogens (primary N) is 1. The summed E-state index contributed by atoms with van der Waals surface area (Å²) >= 11 is 0. The van der Waals surface area contributed by atoms with Crippen molar-refractivity contribution in [1.29, 1.82) is 0 Å². The highest BCUT2D eigenvalue weighted by molar-refractivity contribution is 7.89. The molecule has 4 N–H and O–H groups in total. The Labute approximate surface area is 202 Å². The lowest BCUT2D eigenvalue weighted by Gasteiger charge is -2.12. The number of nitrogens with one attached hydrogen (secondary N) is 2. The summed E-state index contributed by atoms with van der Waals surface area (Å²) in [6, 6.07) is 17.0. The number of hydrogen-bond acceptors (Lipinski definition) is 7. The van der Waals surface area contributed by atoms with Crippen LogP contribution in [-0.2, 0) is 10.0 Å². The lowest BCUT2D eigenvalue weighted by atomic mass is 10.2. The van der Waals surface area contributed by atoms with Gasteiger partial charge in [0, 0.05) is 52.8 Å². The Bertz CT molecular complexity index is 1650. The summed E-state index contributed by atoms with van der Waals surface area (Å²) in [5.74, 6) is 0.960. The molecule has 35 heavy (non-hydrogen) atoms. The second kappa shape index (κ2) is 8.82. The number of fused-ring (bicyclic) bond motifs is 1. The molecular formula is C25H23N7O2S. The summed E-state index contributed by atoms with van der Waals surface area (Å²) in [4.78, 5) is 13.0. The zero-order chi connectivity index (χ0) is 24.6. The number of aryl methyl sites for hydroxylation is 2. The minimum absolute atomic E-state index is 0.0555. The van der Waals surface area contributed by atoms with Crippen LogP contribution in [0, 0.1) is 13.8 Å². The molecular weight excluding hydrogens is 462 g/mol. The molecule has 3 aromatic heterocycles. The predicted molar refractivity (Wildman–Crippen MR) is 137 cm³/mol. The van der Waals surface area contributed by atoms with Crippen LogP contribution in [0.2, 0.25) is 0 Å². The SMILES string of the molecule is Cc1ccc(Nc2ncc(C)c(Nc3ccc4c(ccn4-c4ccncc4)c3)n2)cc1S(N)(=O)=O. The zero-order valence-corrected chi connectivity index (χ0v) is 19.9. The van der Waals surface area contributed by atoms with E-state index in [1.54, 1.807) is 37.6 Å². The summed E-state index contributed by atoms with van der Waals surface area (Å²) < 4.78 is 25.8. The number of benzene rings is 2. The molecule has 0 aliphatic heterocycles. The van der Waals surface area contributed by atoms with E-state index in [0.29, 0.717) is 23.0 Å². The van der Waals surface area contributed by atoms with E-state index < -0.39 is 10.0 Å². The maximum atomic E-state index is 11.8. The number of nitrogens with zero attached hydrogens (tertiary/aromatic N) is 4. The molecule has 9 nitrogen and oxygen atoms in total. The maximum absolute atomic E-state index is 11.8. The second-order valence-corrected chi connectivity index (χ2v) is 9.70. The number of rotatable bonds is 6. The van der Waals surface area contributed by atoms with Gasteiger partial charge in [0.05, 0.1) is 10.4 Å². The summed E-state index contributed by atoms with van der Waals surface area (Å²) in [6.07, 6.45) is 7.27. The van der Waals surface area contributed by atoms with Crippen molar-refractivity contribution >= 4 is 44.1 Å². The van der Waals surface area contributed by atoms with E-state index in [9.17, 15) is 8.42 Å². The normalized spacial score (nSPS) is 11.5. The molecule has 0 saturated carbocycles. The van der Waals surface area contributed by atoms with Gasteiger partial charge in [-0.3, -0.25) is 4.98 Å². The first-order valence-corrected chi connectivity index (χ1v) is 12.4. The molecule has 0 atom stereocenters. The summed E-state index contributed by atoms with van der Waals surface area (Å²) in [6.45, 7) is 3.60. The van der Waals surface area contributed by atoms with Gasteiger partial charge in [-0.2, -0.15) is 4.98 Å². The minimum atomic E-state index is -3.84. The molecule has 0 saturated heterocycles. The fourth-order valence-electron chi connectivity index (χ4n) is 3.83. The summed E-state index contributed by atoms with van der Waals surface area (Å²) in [7, 11) is -3.84. The van der Waals surface area contributed by atoms with Crippen LogP contribution in [0.5, 0.6) is 0 Å². The van der Waals surface area contributed by atoms with Crippen LogP contribution < -0.4 is 15.8 Å². The molecule has 0 radical (unpaired) electrons. The third kappa shape index (κ3) is 4.70. The van der Waals surface area contributed by atoms with Crippen molar-refractivity contribution in [2.45, 2.75) is 18.7 Å². The average Bonchev–Trinajstić information content (AvgIpc) is 3.25. The molecule has 0 aliphatic carbocycles. The number of anilines is 4. The van der Waals surface area contributed by atoms with Crippen LogP contribution >= 0.6 is 0 Å². The van der Waals surface area contributed by atoms with Crippen molar-refractivity contribution in [2.24, 2.45) is 5.14 Å². The average molecular weight is 486 g/mol. The lowest BCUT2D eigenvalue weighted by Crippen LogP contribution is -2.14. The van der Waals surface area contributed by atoms with E-state index in [2.05, 4.69) is 48.4 Å². The van der Waals surface area contributed by atoms with Crippen LogP contribution in [0.15, 0.2) is 84.3 Å². The van der Waals surface area contributed by atoms with Gasteiger partial charge in [-0.25, -0.2) is 18.5 Å². The van der Waals surface area contributed by atoms with Crippen molar-refractivity contribution in [3.05, 3.63) is 90.5 Å². The molecule has 0 spiro atoms. The Morgan fingerprint density at radius 2 is 1.63 bits per heavy atom. The fraction of sp³-hybridized carbons (Fsp3) is 0.0800. The van der Waals surface area contributed by atoms with Gasteiger partial charge in [0.25, 0.3) is 0 Å². The standard InChI is InChI=1S/C25H23N7O2S/c1-16-3-4-20(14-23(16)35(26,33)34)30-25-28-15-17(2)24(31-25)29-19-5-6-22-18(13-19)9-12-32(22)21-7-10-27-11-8-21/h3-15H,1-2H3,(H2,26,33,34)(H2,28,29,30,31). The molecule has 0 unspecified atom stereocenters. The van der Waals surface area contributed by atoms with Crippen molar-refractivity contribution in [1.82, 2.24) is 19.5 Å². The predicted octanol–water partition coefficient (Wildman–Crippen LogP) is 4.57. The highest BCUT2D eigenvalue weighted by atomic mass is 32.2. The Hall–Kier alpha value is -4.28. The molecule has 2 aromatic carbocycles. The molecule has 0 bridgehead atoms. The van der Waals surface area contributed by atoms with E-state index in [4.69, 9.17) is 5.14 Å². The molecule has 0 fully saturated rings. The van der Waals surface area contributed by atoms with Crippen LogP contribution in [0.1, 0.15) is 11.1 Å². The third-order valence-corrected chi connectivity index (χ3v) is 6.67. The molecule has 5 rings (SSSR count). The van der Waals surface area contributed by atoms with Crippen molar-refractivity contribution in [2.75, 3.05) is 10.6 Å². The Balaban J connectivity index is 1.41. The summed E-state index contributed by atoms with van der Waals surface area (Å²) in [5, 5.41) is 12.8. The van der Waals surface area contributed by atoms with Gasteiger partial charge in [-0.1, -0.05) is 6.07 Å². The van der Waals surface area contributed by atoms with Gasteiger partial charge >= 0.3 is 0 Å². The van der Waals surface area contributed by atoms with E-state index in [1.165, 1.54) is 6.07 Å². The number of primary sulfonamides is 1. The van der Waals surface area contributed by atoms with Crippen LogP contribution in [0.3, 0.4) is 0 Å². The van der Waals surface area contributed by atoms with Gasteiger partial charge in [0.1, 0.15) is 5.82 Å². The smallest absolute Gasteiger partial charge is 0.238 e. The molecule has 0 amide bonds. The number of sulfonamides is 1. The van der Waals surface area contributed by atoms with Crippen LogP contribution in [0.25, 0.3) is 16.6 Å². The highest BCUT2D eigenvalue weighted by Gasteiger charge is 2.13.